The van der Waals surface area contributed by atoms with Gasteiger partial charge in [0.05, 0.1) is 34.4 Å². The van der Waals surface area contributed by atoms with Crippen LogP contribution in [0.1, 0.15) is 49.4 Å². The van der Waals surface area contributed by atoms with Gasteiger partial charge in [-0.3, -0.25) is 19.5 Å². The summed E-state index contributed by atoms with van der Waals surface area (Å²) >= 11 is 4.78. The lowest BCUT2D eigenvalue weighted by atomic mass is 9.93. The Hall–Kier alpha value is -4.55. The Morgan fingerprint density at radius 2 is 1.91 bits per heavy atom. The third-order valence-corrected chi connectivity index (χ3v) is 8.56. The summed E-state index contributed by atoms with van der Waals surface area (Å²) in [5, 5.41) is 10.9. The average molecular weight is 693 g/mol. The van der Waals surface area contributed by atoms with Gasteiger partial charge < -0.3 is 14.2 Å². The molecule has 12 heteroatoms. The number of benzene rings is 3. The molecule has 0 aliphatic carbocycles. The van der Waals surface area contributed by atoms with Gasteiger partial charge in [-0.2, -0.15) is 0 Å². The molecule has 1 aromatic heterocycles. The molecule has 1 aliphatic rings. The van der Waals surface area contributed by atoms with E-state index in [1.54, 1.807) is 48.9 Å². The maximum absolute atomic E-state index is 14.1. The number of hydrogen-bond donors (Lipinski definition) is 0. The van der Waals surface area contributed by atoms with Crippen LogP contribution < -0.4 is 24.4 Å². The maximum atomic E-state index is 14.1. The number of thiazole rings is 1. The van der Waals surface area contributed by atoms with Gasteiger partial charge in [-0.15, -0.1) is 0 Å². The molecular formula is C33H30BrN3O7S. The summed E-state index contributed by atoms with van der Waals surface area (Å²) in [5.41, 5.74) is 2.75. The molecule has 0 amide bonds. The summed E-state index contributed by atoms with van der Waals surface area (Å²) in [6, 6.07) is 18.1. The number of carbonyl (C=O) groups excluding carboxylic acids is 1. The van der Waals surface area contributed by atoms with Gasteiger partial charge in [0.1, 0.15) is 24.1 Å². The molecule has 0 radical (unpaired) electrons. The molecular weight excluding hydrogens is 662 g/mol. The largest absolute Gasteiger partial charge is 0.496 e. The number of ether oxygens (including phenoxy) is 3. The Kier molecular flexibility index (Phi) is 9.94. The minimum atomic E-state index is -0.812. The zero-order valence-electron chi connectivity index (χ0n) is 24.8. The number of fused-ring (bicyclic) bond motifs is 1. The van der Waals surface area contributed by atoms with E-state index in [9.17, 15) is 19.7 Å². The first-order valence-corrected chi connectivity index (χ1v) is 15.9. The molecule has 1 atom stereocenters. The van der Waals surface area contributed by atoms with E-state index in [0.717, 1.165) is 22.0 Å². The molecule has 4 aromatic rings. The Balaban J connectivity index is 1.58. The lowest BCUT2D eigenvalue weighted by Gasteiger charge is -2.27. The van der Waals surface area contributed by atoms with Gasteiger partial charge in [0, 0.05) is 22.2 Å². The molecule has 0 unspecified atom stereocenters. The fraction of sp³-hybridized carbons (Fsp3) is 0.242. The molecule has 45 heavy (non-hydrogen) atoms. The van der Waals surface area contributed by atoms with Crippen molar-refractivity contribution in [1.29, 1.82) is 0 Å². The molecule has 5 rings (SSSR count). The van der Waals surface area contributed by atoms with Crippen molar-refractivity contribution < 1.29 is 23.9 Å². The smallest absolute Gasteiger partial charge is 0.338 e. The van der Waals surface area contributed by atoms with Crippen molar-refractivity contribution >= 4 is 45.0 Å². The average Bonchev–Trinajstić information content (AvgIpc) is 3.33. The number of nitrogens with zero attached hydrogens (tertiary/aromatic N) is 3. The molecule has 0 saturated carbocycles. The number of nitro benzene ring substituents is 1. The van der Waals surface area contributed by atoms with E-state index in [1.807, 2.05) is 37.3 Å². The number of halogens is 1. The molecule has 0 fully saturated rings. The third-order valence-electron chi connectivity index (χ3n) is 7.09. The standard InChI is InChI=1S/C33H30BrN3O7S/c1-4-7-26-29(32(39)43-5-2)30(25-18-22(34)12-15-27(25)42-3)36-31(38)28(45-33(36)35-26)17-21-8-6-9-24(16-21)44-19-20-10-13-23(14-11-20)37(40)41/h6,8-18,30H,4-5,7,19H2,1-3H3/b28-17+/t30-/m0/s1. The highest BCUT2D eigenvalue weighted by molar-refractivity contribution is 9.10. The Labute approximate surface area is 271 Å². The van der Waals surface area contributed by atoms with Crippen LogP contribution in [-0.4, -0.2) is 29.2 Å². The van der Waals surface area contributed by atoms with Gasteiger partial charge in [0.25, 0.3) is 11.2 Å². The summed E-state index contributed by atoms with van der Waals surface area (Å²) < 4.78 is 19.8. The summed E-state index contributed by atoms with van der Waals surface area (Å²) in [5.74, 6) is 0.570. The van der Waals surface area contributed by atoms with Crippen molar-refractivity contribution in [3.05, 3.63) is 129 Å². The van der Waals surface area contributed by atoms with Crippen LogP contribution in [0.4, 0.5) is 5.69 Å². The second kappa shape index (κ2) is 14.0. The van der Waals surface area contributed by atoms with E-state index in [-0.39, 0.29) is 24.5 Å². The molecule has 0 N–H and O–H groups in total. The van der Waals surface area contributed by atoms with Crippen LogP contribution in [0.25, 0.3) is 6.08 Å². The van der Waals surface area contributed by atoms with E-state index < -0.39 is 16.9 Å². The fourth-order valence-corrected chi connectivity index (χ4v) is 6.46. The predicted octanol–water partition coefficient (Wildman–Crippen LogP) is 5.84. The SMILES string of the molecule is CCCC1=C(C(=O)OCC)[C@H](c2cc(Br)ccc2OC)n2c(s/c(=C/c3cccc(OCc4ccc([N+](=O)[O-])cc4)c3)c2=O)=N1. The number of carbonyl (C=O) groups is 1. The summed E-state index contributed by atoms with van der Waals surface area (Å²) in [7, 11) is 1.55. The normalized spacial score (nSPS) is 14.5. The van der Waals surface area contributed by atoms with Crippen molar-refractivity contribution in [3.8, 4) is 11.5 Å². The van der Waals surface area contributed by atoms with Crippen LogP contribution in [0, 0.1) is 10.1 Å². The number of esters is 1. The molecule has 1 aliphatic heterocycles. The lowest BCUT2D eigenvalue weighted by molar-refractivity contribution is -0.384. The highest BCUT2D eigenvalue weighted by Gasteiger charge is 2.36. The summed E-state index contributed by atoms with van der Waals surface area (Å²) in [6.07, 6.45) is 3.04. The minimum absolute atomic E-state index is 0.0130. The second-order valence-corrected chi connectivity index (χ2v) is 12.0. The van der Waals surface area contributed by atoms with Gasteiger partial charge in [-0.1, -0.05) is 52.7 Å². The Morgan fingerprint density at radius 3 is 2.60 bits per heavy atom. The molecule has 0 saturated heterocycles. The monoisotopic (exact) mass is 691 g/mol. The predicted molar refractivity (Wildman–Crippen MR) is 174 cm³/mol. The number of aromatic nitrogens is 1. The molecule has 3 aromatic carbocycles. The molecule has 232 valence electrons. The quantitative estimate of drug-likeness (QED) is 0.110. The lowest BCUT2D eigenvalue weighted by Crippen LogP contribution is -2.40. The maximum Gasteiger partial charge on any atom is 0.338 e. The highest BCUT2D eigenvalue weighted by atomic mass is 79.9. The number of non-ortho nitro benzene ring substituents is 1. The van der Waals surface area contributed by atoms with Crippen LogP contribution >= 0.6 is 27.3 Å². The van der Waals surface area contributed by atoms with E-state index in [2.05, 4.69) is 15.9 Å². The number of methoxy groups -OCH3 is 1. The van der Waals surface area contributed by atoms with Crippen LogP contribution in [0.2, 0.25) is 0 Å². The first kappa shape index (κ1) is 31.9. The van der Waals surface area contributed by atoms with Gasteiger partial charge in [0.2, 0.25) is 0 Å². The molecule has 10 nitrogen and oxygen atoms in total. The van der Waals surface area contributed by atoms with Crippen molar-refractivity contribution in [2.75, 3.05) is 13.7 Å². The molecule has 2 heterocycles. The van der Waals surface area contributed by atoms with Gasteiger partial charge in [0.15, 0.2) is 4.80 Å². The number of hydrogen-bond acceptors (Lipinski definition) is 9. The van der Waals surface area contributed by atoms with E-state index in [0.29, 0.717) is 44.1 Å². The third kappa shape index (κ3) is 6.91. The fourth-order valence-electron chi connectivity index (χ4n) is 5.06. The van der Waals surface area contributed by atoms with E-state index >= 15 is 0 Å². The zero-order valence-corrected chi connectivity index (χ0v) is 27.2. The zero-order chi connectivity index (χ0) is 32.1. The van der Waals surface area contributed by atoms with Crippen molar-refractivity contribution in [1.82, 2.24) is 4.57 Å². The first-order chi connectivity index (χ1) is 21.7. The van der Waals surface area contributed by atoms with E-state index in [1.165, 1.54) is 23.5 Å². The molecule has 0 bridgehead atoms. The number of nitro groups is 1. The van der Waals surface area contributed by atoms with E-state index in [4.69, 9.17) is 19.2 Å². The topological polar surface area (TPSA) is 122 Å². The summed E-state index contributed by atoms with van der Waals surface area (Å²) in [6.45, 7) is 4.14. The Morgan fingerprint density at radius 1 is 1.13 bits per heavy atom. The van der Waals surface area contributed by atoms with Crippen LogP contribution in [0.3, 0.4) is 0 Å². The minimum Gasteiger partial charge on any atom is -0.496 e. The van der Waals surface area contributed by atoms with Crippen molar-refractivity contribution in [2.45, 2.75) is 39.3 Å². The van der Waals surface area contributed by atoms with Crippen LogP contribution in [0.15, 0.2) is 92.3 Å². The molecule has 0 spiro atoms. The first-order valence-electron chi connectivity index (χ1n) is 14.3. The Bertz CT molecular complexity index is 1970. The van der Waals surface area contributed by atoms with Gasteiger partial charge in [-0.25, -0.2) is 9.79 Å². The number of allylic oxidation sites excluding steroid dienone is 1. The van der Waals surface area contributed by atoms with Crippen LogP contribution in [-0.2, 0) is 16.1 Å². The van der Waals surface area contributed by atoms with Gasteiger partial charge in [-0.05, 0) is 73.0 Å². The van der Waals surface area contributed by atoms with Crippen molar-refractivity contribution in [3.63, 3.8) is 0 Å². The highest BCUT2D eigenvalue weighted by Crippen LogP contribution is 2.38. The summed E-state index contributed by atoms with van der Waals surface area (Å²) in [4.78, 5) is 43.4. The second-order valence-electron chi connectivity index (χ2n) is 10.1. The van der Waals surface area contributed by atoms with Gasteiger partial charge >= 0.3 is 5.97 Å². The van der Waals surface area contributed by atoms with Crippen molar-refractivity contribution in [2.24, 2.45) is 4.99 Å². The van der Waals surface area contributed by atoms with Crippen LogP contribution in [0.5, 0.6) is 11.5 Å². The number of rotatable bonds is 11.